The highest BCUT2D eigenvalue weighted by Gasteiger charge is 2.28. The Morgan fingerprint density at radius 1 is 1.22 bits per heavy atom. The Balaban J connectivity index is 1.75. The van der Waals surface area contributed by atoms with Gasteiger partial charge in [0.25, 0.3) is 0 Å². The van der Waals surface area contributed by atoms with Crippen LogP contribution in [0.4, 0.5) is 21.8 Å². The molecule has 1 aromatic heterocycles. The largest absolute Gasteiger partial charge is 0.366 e. The standard InChI is InChI=1S/C15H17FN4O2S/c1-10-8-14(18-13-6-7-23(21,22)9-13)20-15(17-10)19-12-4-2-11(16)3-5-12/h2-5,8,13H,6-7,9H2,1H3,(H2,17,18,19,20). The Morgan fingerprint density at radius 2 is 1.96 bits per heavy atom. The minimum atomic E-state index is -2.95. The fraction of sp³-hybridized carbons (Fsp3) is 0.333. The maximum atomic E-state index is 12.9. The molecule has 1 unspecified atom stereocenters. The molecule has 2 aromatic rings. The molecule has 2 heterocycles. The summed E-state index contributed by atoms with van der Waals surface area (Å²) in [6, 6.07) is 7.52. The van der Waals surface area contributed by atoms with Crippen LogP contribution in [0.1, 0.15) is 12.1 Å². The molecule has 1 atom stereocenters. The molecule has 1 aliphatic heterocycles. The molecule has 8 heteroatoms. The van der Waals surface area contributed by atoms with E-state index in [-0.39, 0.29) is 23.4 Å². The Labute approximate surface area is 134 Å². The first kappa shape index (κ1) is 15.7. The zero-order valence-electron chi connectivity index (χ0n) is 12.6. The van der Waals surface area contributed by atoms with Gasteiger partial charge in [-0.1, -0.05) is 0 Å². The molecule has 6 nitrogen and oxygen atoms in total. The lowest BCUT2D eigenvalue weighted by Gasteiger charge is -2.13. The Kier molecular flexibility index (Phi) is 4.16. The van der Waals surface area contributed by atoms with E-state index in [0.717, 1.165) is 5.69 Å². The zero-order chi connectivity index (χ0) is 16.4. The summed E-state index contributed by atoms with van der Waals surface area (Å²) in [5.41, 5.74) is 1.42. The number of anilines is 3. The van der Waals surface area contributed by atoms with Crippen LogP contribution in [0, 0.1) is 12.7 Å². The van der Waals surface area contributed by atoms with Crippen molar-refractivity contribution in [3.63, 3.8) is 0 Å². The van der Waals surface area contributed by atoms with Crippen LogP contribution in [-0.4, -0.2) is 35.9 Å². The maximum Gasteiger partial charge on any atom is 0.229 e. The number of nitrogens with zero attached hydrogens (tertiary/aromatic N) is 2. The van der Waals surface area contributed by atoms with Gasteiger partial charge in [-0.15, -0.1) is 0 Å². The van der Waals surface area contributed by atoms with Crippen LogP contribution < -0.4 is 10.6 Å². The quantitative estimate of drug-likeness (QED) is 0.891. The molecular weight excluding hydrogens is 319 g/mol. The van der Waals surface area contributed by atoms with Crippen molar-refractivity contribution in [3.8, 4) is 0 Å². The number of benzene rings is 1. The summed E-state index contributed by atoms with van der Waals surface area (Å²) in [6.07, 6.45) is 0.576. The van der Waals surface area contributed by atoms with Crippen molar-refractivity contribution in [2.45, 2.75) is 19.4 Å². The minimum absolute atomic E-state index is 0.122. The molecule has 0 spiro atoms. The molecule has 1 fully saturated rings. The topological polar surface area (TPSA) is 84.0 Å². The fourth-order valence-corrected chi connectivity index (χ4v) is 4.15. The van der Waals surface area contributed by atoms with Crippen molar-refractivity contribution in [1.29, 1.82) is 0 Å². The molecule has 0 amide bonds. The van der Waals surface area contributed by atoms with E-state index in [1.54, 1.807) is 18.2 Å². The lowest BCUT2D eigenvalue weighted by atomic mass is 10.2. The lowest BCUT2D eigenvalue weighted by molar-refractivity contribution is 0.602. The van der Waals surface area contributed by atoms with Gasteiger partial charge in [-0.2, -0.15) is 4.98 Å². The first-order chi connectivity index (χ1) is 10.9. The number of rotatable bonds is 4. The van der Waals surface area contributed by atoms with Crippen LogP contribution in [0.5, 0.6) is 0 Å². The van der Waals surface area contributed by atoms with Crippen molar-refractivity contribution in [1.82, 2.24) is 9.97 Å². The van der Waals surface area contributed by atoms with E-state index in [0.29, 0.717) is 23.9 Å². The summed E-state index contributed by atoms with van der Waals surface area (Å²) < 4.78 is 36.0. The second kappa shape index (κ2) is 6.11. The monoisotopic (exact) mass is 336 g/mol. The van der Waals surface area contributed by atoms with Crippen molar-refractivity contribution in [2.75, 3.05) is 22.1 Å². The smallest absolute Gasteiger partial charge is 0.229 e. The van der Waals surface area contributed by atoms with E-state index < -0.39 is 9.84 Å². The van der Waals surface area contributed by atoms with Crippen LogP contribution in [0.3, 0.4) is 0 Å². The van der Waals surface area contributed by atoms with E-state index >= 15 is 0 Å². The van der Waals surface area contributed by atoms with Gasteiger partial charge in [0.05, 0.1) is 11.5 Å². The van der Waals surface area contributed by atoms with Crippen LogP contribution in [-0.2, 0) is 9.84 Å². The normalized spacial score (nSPS) is 19.5. The first-order valence-electron chi connectivity index (χ1n) is 7.25. The molecule has 3 rings (SSSR count). The molecule has 0 saturated carbocycles. The number of hydrogen-bond donors (Lipinski definition) is 2. The van der Waals surface area contributed by atoms with Crippen LogP contribution in [0.2, 0.25) is 0 Å². The van der Waals surface area contributed by atoms with Gasteiger partial charge < -0.3 is 10.6 Å². The Hall–Kier alpha value is -2.22. The predicted molar refractivity (Wildman–Crippen MR) is 87.1 cm³/mol. The Morgan fingerprint density at radius 3 is 2.61 bits per heavy atom. The van der Waals surface area contributed by atoms with Gasteiger partial charge in [-0.05, 0) is 37.6 Å². The van der Waals surface area contributed by atoms with E-state index in [9.17, 15) is 12.8 Å². The maximum absolute atomic E-state index is 12.9. The van der Waals surface area contributed by atoms with E-state index in [2.05, 4.69) is 20.6 Å². The van der Waals surface area contributed by atoms with Gasteiger partial charge in [0.1, 0.15) is 11.6 Å². The van der Waals surface area contributed by atoms with Crippen molar-refractivity contribution in [2.24, 2.45) is 0 Å². The van der Waals surface area contributed by atoms with Gasteiger partial charge in [-0.25, -0.2) is 17.8 Å². The molecule has 2 N–H and O–H groups in total. The molecule has 0 bridgehead atoms. The first-order valence-corrected chi connectivity index (χ1v) is 9.07. The highest BCUT2D eigenvalue weighted by atomic mass is 32.2. The molecule has 122 valence electrons. The second-order valence-corrected chi connectivity index (χ2v) is 7.82. The molecule has 0 radical (unpaired) electrons. The average Bonchev–Trinajstić information content (AvgIpc) is 2.80. The molecular formula is C15H17FN4O2S. The highest BCUT2D eigenvalue weighted by Crippen LogP contribution is 2.19. The van der Waals surface area contributed by atoms with Gasteiger partial charge >= 0.3 is 0 Å². The Bertz CT molecular complexity index is 809. The number of sulfone groups is 1. The zero-order valence-corrected chi connectivity index (χ0v) is 13.4. The van der Waals surface area contributed by atoms with Gasteiger partial charge in [0, 0.05) is 23.5 Å². The number of aryl methyl sites for hydroxylation is 1. The van der Waals surface area contributed by atoms with E-state index in [1.165, 1.54) is 12.1 Å². The average molecular weight is 336 g/mol. The summed E-state index contributed by atoms with van der Waals surface area (Å²) in [4.78, 5) is 8.62. The second-order valence-electron chi connectivity index (χ2n) is 5.59. The van der Waals surface area contributed by atoms with Crippen molar-refractivity contribution >= 4 is 27.3 Å². The summed E-state index contributed by atoms with van der Waals surface area (Å²) in [5, 5.41) is 6.15. The van der Waals surface area contributed by atoms with Gasteiger partial charge in [0.15, 0.2) is 9.84 Å². The lowest BCUT2D eigenvalue weighted by Crippen LogP contribution is -2.21. The number of hydrogen-bond acceptors (Lipinski definition) is 6. The van der Waals surface area contributed by atoms with Crippen LogP contribution >= 0.6 is 0 Å². The number of halogens is 1. The summed E-state index contributed by atoms with van der Waals surface area (Å²) in [5.74, 6) is 0.960. The van der Waals surface area contributed by atoms with Crippen LogP contribution in [0.25, 0.3) is 0 Å². The number of aromatic nitrogens is 2. The van der Waals surface area contributed by atoms with E-state index in [1.807, 2.05) is 6.92 Å². The number of nitrogens with one attached hydrogen (secondary N) is 2. The molecule has 23 heavy (non-hydrogen) atoms. The highest BCUT2D eigenvalue weighted by molar-refractivity contribution is 7.91. The fourth-order valence-electron chi connectivity index (χ4n) is 2.48. The van der Waals surface area contributed by atoms with Crippen LogP contribution in [0.15, 0.2) is 30.3 Å². The molecule has 1 aliphatic rings. The summed E-state index contributed by atoms with van der Waals surface area (Å²) in [6.45, 7) is 1.83. The van der Waals surface area contributed by atoms with Crippen molar-refractivity contribution < 1.29 is 12.8 Å². The summed E-state index contributed by atoms with van der Waals surface area (Å²) >= 11 is 0. The third kappa shape index (κ3) is 4.16. The summed E-state index contributed by atoms with van der Waals surface area (Å²) in [7, 11) is -2.95. The molecule has 1 saturated heterocycles. The third-order valence-electron chi connectivity index (χ3n) is 3.54. The molecule has 0 aliphatic carbocycles. The third-order valence-corrected chi connectivity index (χ3v) is 5.31. The van der Waals surface area contributed by atoms with Crippen molar-refractivity contribution in [3.05, 3.63) is 41.8 Å². The van der Waals surface area contributed by atoms with Gasteiger partial charge in [-0.3, -0.25) is 0 Å². The SMILES string of the molecule is Cc1cc(NC2CCS(=O)(=O)C2)nc(Nc2ccc(F)cc2)n1. The molecule has 1 aromatic carbocycles. The predicted octanol–water partition coefficient (Wildman–Crippen LogP) is 2.27. The van der Waals surface area contributed by atoms with Gasteiger partial charge in [0.2, 0.25) is 5.95 Å². The van der Waals surface area contributed by atoms with E-state index in [4.69, 9.17) is 0 Å². The minimum Gasteiger partial charge on any atom is -0.366 e.